The van der Waals surface area contributed by atoms with Crippen molar-refractivity contribution in [1.29, 1.82) is 0 Å². The van der Waals surface area contributed by atoms with Gasteiger partial charge >= 0.3 is 0 Å². The van der Waals surface area contributed by atoms with Crippen LogP contribution in [0.1, 0.15) is 15.9 Å². The zero-order valence-corrected chi connectivity index (χ0v) is 15.8. The minimum Gasteiger partial charge on any atom is -0.467 e. The topological polar surface area (TPSA) is 54.0 Å². The average Bonchev–Trinajstić information content (AvgIpc) is 2.65. The van der Waals surface area contributed by atoms with Gasteiger partial charge in [-0.05, 0) is 35.9 Å². The molecular formula is C19H18Cl2O5. The van der Waals surface area contributed by atoms with Crippen LogP contribution in [0.15, 0.2) is 42.5 Å². The van der Waals surface area contributed by atoms with E-state index in [2.05, 4.69) is 0 Å². The van der Waals surface area contributed by atoms with Gasteiger partial charge in [0.15, 0.2) is 19.4 Å². The molecule has 0 aliphatic heterocycles. The molecule has 2 aromatic rings. The van der Waals surface area contributed by atoms with Crippen LogP contribution in [0.25, 0.3) is 6.08 Å². The van der Waals surface area contributed by atoms with Crippen LogP contribution in [0.5, 0.6) is 11.5 Å². The quantitative estimate of drug-likeness (QED) is 0.344. The zero-order valence-electron chi connectivity index (χ0n) is 14.3. The molecule has 0 amide bonds. The van der Waals surface area contributed by atoms with Gasteiger partial charge in [-0.25, -0.2) is 0 Å². The Bertz CT molecular complexity index is 763. The molecule has 0 aliphatic rings. The fourth-order valence-electron chi connectivity index (χ4n) is 2.14. The third-order valence-electron chi connectivity index (χ3n) is 3.29. The summed E-state index contributed by atoms with van der Waals surface area (Å²) < 4.78 is 20.8. The second-order valence-electron chi connectivity index (χ2n) is 5.07. The first-order chi connectivity index (χ1) is 12.6. The maximum atomic E-state index is 12.8. The van der Waals surface area contributed by atoms with E-state index in [1.54, 1.807) is 42.5 Å². The van der Waals surface area contributed by atoms with Crippen LogP contribution in [-0.4, -0.2) is 33.6 Å². The van der Waals surface area contributed by atoms with Crippen molar-refractivity contribution >= 4 is 35.1 Å². The second-order valence-corrected chi connectivity index (χ2v) is 5.86. The third-order valence-corrected chi connectivity index (χ3v) is 4.13. The molecule has 138 valence electrons. The Labute approximate surface area is 162 Å². The number of hydrogen-bond acceptors (Lipinski definition) is 5. The average molecular weight is 397 g/mol. The Morgan fingerprint density at radius 1 is 0.962 bits per heavy atom. The number of ketones is 1. The molecule has 0 spiro atoms. The number of carbonyl (C=O) groups is 1. The summed E-state index contributed by atoms with van der Waals surface area (Å²) in [6.07, 6.45) is 2.97. The van der Waals surface area contributed by atoms with Crippen molar-refractivity contribution in [2.75, 3.05) is 27.8 Å². The van der Waals surface area contributed by atoms with Gasteiger partial charge in [0.2, 0.25) is 0 Å². The maximum Gasteiger partial charge on any atom is 0.193 e. The standard InChI is InChI=1S/C19H18Cl2O5/c1-23-11-25-16-7-4-8-17(26-12-24-2)18(16)15(22)10-9-13-5-3-6-14(20)19(13)21/h3-10H,11-12H2,1-2H3/b10-9+. The Kier molecular flexibility index (Phi) is 7.94. The lowest BCUT2D eigenvalue weighted by Gasteiger charge is -2.13. The number of methoxy groups -OCH3 is 2. The molecule has 0 saturated carbocycles. The predicted octanol–water partition coefficient (Wildman–Crippen LogP) is 4.85. The van der Waals surface area contributed by atoms with Gasteiger partial charge in [0.1, 0.15) is 17.1 Å². The van der Waals surface area contributed by atoms with E-state index in [4.69, 9.17) is 42.1 Å². The van der Waals surface area contributed by atoms with E-state index in [0.717, 1.165) is 0 Å². The van der Waals surface area contributed by atoms with Gasteiger partial charge < -0.3 is 18.9 Å². The molecule has 0 heterocycles. The van der Waals surface area contributed by atoms with Gasteiger partial charge in [0.05, 0.1) is 10.0 Å². The van der Waals surface area contributed by atoms with Gasteiger partial charge in [-0.15, -0.1) is 0 Å². The van der Waals surface area contributed by atoms with E-state index in [1.165, 1.54) is 20.3 Å². The monoisotopic (exact) mass is 396 g/mol. The van der Waals surface area contributed by atoms with Crippen LogP contribution in [-0.2, 0) is 9.47 Å². The number of ether oxygens (including phenoxy) is 4. The molecule has 2 aromatic carbocycles. The summed E-state index contributed by atoms with van der Waals surface area (Å²) in [5, 5.41) is 0.784. The number of rotatable bonds is 9. The molecule has 0 bridgehead atoms. The molecular weight excluding hydrogens is 379 g/mol. The maximum absolute atomic E-state index is 12.8. The molecule has 0 fully saturated rings. The summed E-state index contributed by atoms with van der Waals surface area (Å²) in [6, 6.07) is 10.2. The van der Waals surface area contributed by atoms with Gasteiger partial charge in [0, 0.05) is 14.2 Å². The van der Waals surface area contributed by atoms with Crippen LogP contribution in [0.4, 0.5) is 0 Å². The van der Waals surface area contributed by atoms with E-state index in [-0.39, 0.29) is 24.9 Å². The van der Waals surface area contributed by atoms with Crippen LogP contribution in [0.2, 0.25) is 10.0 Å². The third kappa shape index (κ3) is 5.22. The molecule has 0 saturated heterocycles. The fraction of sp³-hybridized carbons (Fsp3) is 0.211. The van der Waals surface area contributed by atoms with Crippen LogP contribution >= 0.6 is 23.2 Å². The van der Waals surface area contributed by atoms with Gasteiger partial charge in [0.25, 0.3) is 0 Å². The molecule has 0 aliphatic carbocycles. The lowest BCUT2D eigenvalue weighted by Crippen LogP contribution is -2.09. The largest absolute Gasteiger partial charge is 0.467 e. The summed E-state index contributed by atoms with van der Waals surface area (Å²) in [5.41, 5.74) is 0.887. The van der Waals surface area contributed by atoms with Crippen molar-refractivity contribution in [3.63, 3.8) is 0 Å². The number of carbonyl (C=O) groups excluding carboxylic acids is 1. The Morgan fingerprint density at radius 3 is 2.12 bits per heavy atom. The second kappa shape index (κ2) is 10.2. The number of benzene rings is 2. The minimum absolute atomic E-state index is 0.00214. The van der Waals surface area contributed by atoms with E-state index in [1.807, 2.05) is 0 Å². The summed E-state index contributed by atoms with van der Waals surface area (Å²) in [7, 11) is 2.99. The fourth-order valence-corrected chi connectivity index (χ4v) is 2.51. The number of allylic oxidation sites excluding steroid dienone is 1. The Balaban J connectivity index is 2.35. The highest BCUT2D eigenvalue weighted by Crippen LogP contribution is 2.31. The lowest BCUT2D eigenvalue weighted by molar-refractivity contribution is 0.0447. The van der Waals surface area contributed by atoms with Gasteiger partial charge in [-0.3, -0.25) is 4.79 Å². The SMILES string of the molecule is COCOc1cccc(OCOC)c1C(=O)/C=C/c1cccc(Cl)c1Cl. The molecule has 0 unspecified atom stereocenters. The predicted molar refractivity (Wildman–Crippen MR) is 101 cm³/mol. The molecule has 7 heteroatoms. The highest BCUT2D eigenvalue weighted by molar-refractivity contribution is 6.42. The van der Waals surface area contributed by atoms with Crippen molar-refractivity contribution in [3.05, 3.63) is 63.6 Å². The van der Waals surface area contributed by atoms with E-state index in [0.29, 0.717) is 27.1 Å². The molecule has 26 heavy (non-hydrogen) atoms. The summed E-state index contributed by atoms with van der Waals surface area (Å²) in [4.78, 5) is 12.8. The van der Waals surface area contributed by atoms with Crippen LogP contribution in [0.3, 0.4) is 0 Å². The lowest BCUT2D eigenvalue weighted by atomic mass is 10.1. The van der Waals surface area contributed by atoms with E-state index in [9.17, 15) is 4.79 Å². The molecule has 2 rings (SSSR count). The smallest absolute Gasteiger partial charge is 0.193 e. The molecule has 0 aromatic heterocycles. The summed E-state index contributed by atoms with van der Waals surface area (Å²) in [5.74, 6) is 0.360. The van der Waals surface area contributed by atoms with Crippen LogP contribution < -0.4 is 9.47 Å². The summed E-state index contributed by atoms with van der Waals surface area (Å²) >= 11 is 12.1. The number of halogens is 2. The molecule has 0 atom stereocenters. The highest BCUT2D eigenvalue weighted by atomic mass is 35.5. The molecule has 0 radical (unpaired) electrons. The first kappa shape index (κ1) is 20.3. The molecule has 5 nitrogen and oxygen atoms in total. The van der Waals surface area contributed by atoms with Crippen molar-refractivity contribution < 1.29 is 23.7 Å². The zero-order chi connectivity index (χ0) is 18.9. The Morgan fingerprint density at radius 2 is 1.54 bits per heavy atom. The summed E-state index contributed by atoms with van der Waals surface area (Å²) in [6.45, 7) is -0.00427. The first-order valence-corrected chi connectivity index (χ1v) is 8.37. The normalized spacial score (nSPS) is 10.9. The van der Waals surface area contributed by atoms with Crippen molar-refractivity contribution in [1.82, 2.24) is 0 Å². The molecule has 0 N–H and O–H groups in total. The van der Waals surface area contributed by atoms with Crippen LogP contribution in [0, 0.1) is 0 Å². The van der Waals surface area contributed by atoms with Gasteiger partial charge in [-0.2, -0.15) is 0 Å². The van der Waals surface area contributed by atoms with Crippen molar-refractivity contribution in [2.45, 2.75) is 0 Å². The van der Waals surface area contributed by atoms with Crippen molar-refractivity contribution in [3.8, 4) is 11.5 Å². The Hall–Kier alpha value is -2.05. The van der Waals surface area contributed by atoms with Crippen molar-refractivity contribution in [2.24, 2.45) is 0 Å². The highest BCUT2D eigenvalue weighted by Gasteiger charge is 2.17. The first-order valence-electron chi connectivity index (χ1n) is 7.61. The number of hydrogen-bond donors (Lipinski definition) is 0. The minimum atomic E-state index is -0.321. The van der Waals surface area contributed by atoms with E-state index >= 15 is 0 Å². The van der Waals surface area contributed by atoms with Gasteiger partial charge in [-0.1, -0.05) is 41.4 Å². The van der Waals surface area contributed by atoms with E-state index < -0.39 is 0 Å².